The van der Waals surface area contributed by atoms with Crippen LogP contribution in [0.3, 0.4) is 0 Å². The minimum Gasteiger partial charge on any atom is -0.467 e. The van der Waals surface area contributed by atoms with Crippen LogP contribution in [0.15, 0.2) is 45.5 Å². The van der Waals surface area contributed by atoms with E-state index < -0.39 is 0 Å². The average molecular weight is 308 g/mol. The molecule has 0 spiro atoms. The second-order valence-electron chi connectivity index (χ2n) is 4.40. The summed E-state index contributed by atoms with van der Waals surface area (Å²) in [5.41, 5.74) is 2.52. The Balaban J connectivity index is 2.33. The predicted molar refractivity (Wildman–Crippen MR) is 77.7 cm³/mol. The lowest BCUT2D eigenvalue weighted by Crippen LogP contribution is -2.23. The van der Waals surface area contributed by atoms with Gasteiger partial charge in [0.2, 0.25) is 0 Å². The molecule has 1 N–H and O–H groups in total. The van der Waals surface area contributed by atoms with Gasteiger partial charge in [0, 0.05) is 4.47 Å². The van der Waals surface area contributed by atoms with Gasteiger partial charge in [-0.05, 0) is 55.3 Å². The van der Waals surface area contributed by atoms with Gasteiger partial charge in [0.05, 0.1) is 12.3 Å². The van der Waals surface area contributed by atoms with Crippen LogP contribution in [-0.2, 0) is 0 Å². The van der Waals surface area contributed by atoms with Crippen LogP contribution in [-0.4, -0.2) is 6.54 Å². The summed E-state index contributed by atoms with van der Waals surface area (Å²) < 4.78 is 6.67. The van der Waals surface area contributed by atoms with Crippen LogP contribution >= 0.6 is 15.9 Å². The lowest BCUT2D eigenvalue weighted by molar-refractivity contribution is 0.446. The van der Waals surface area contributed by atoms with Crippen molar-refractivity contribution in [3.63, 3.8) is 0 Å². The molecule has 0 aliphatic rings. The van der Waals surface area contributed by atoms with Crippen molar-refractivity contribution in [2.75, 3.05) is 6.54 Å². The summed E-state index contributed by atoms with van der Waals surface area (Å²) in [4.78, 5) is 0. The fraction of sp³-hybridized carbons (Fsp3) is 0.333. The van der Waals surface area contributed by atoms with Gasteiger partial charge in [-0.2, -0.15) is 0 Å². The molecule has 0 bridgehead atoms. The Kier molecular flexibility index (Phi) is 4.61. The molecule has 1 heterocycles. The Morgan fingerprint density at radius 3 is 2.78 bits per heavy atom. The Labute approximate surface area is 117 Å². The third-order valence-electron chi connectivity index (χ3n) is 2.97. The van der Waals surface area contributed by atoms with E-state index in [0.717, 1.165) is 23.2 Å². The smallest absolute Gasteiger partial charge is 0.125 e. The molecule has 1 unspecified atom stereocenters. The lowest BCUT2D eigenvalue weighted by atomic mass is 9.99. The van der Waals surface area contributed by atoms with Crippen molar-refractivity contribution in [1.82, 2.24) is 5.32 Å². The number of halogens is 1. The van der Waals surface area contributed by atoms with Gasteiger partial charge in [-0.3, -0.25) is 0 Å². The summed E-state index contributed by atoms with van der Waals surface area (Å²) in [7, 11) is 0. The molecule has 0 amide bonds. The van der Waals surface area contributed by atoms with Crippen LogP contribution < -0.4 is 5.32 Å². The van der Waals surface area contributed by atoms with Crippen LogP contribution in [0.2, 0.25) is 0 Å². The second-order valence-corrected chi connectivity index (χ2v) is 5.32. The summed E-state index contributed by atoms with van der Waals surface area (Å²) in [5.74, 6) is 0.967. The van der Waals surface area contributed by atoms with Gasteiger partial charge in [0.1, 0.15) is 5.76 Å². The van der Waals surface area contributed by atoms with Crippen molar-refractivity contribution < 1.29 is 4.42 Å². The van der Waals surface area contributed by atoms with Gasteiger partial charge in [-0.1, -0.05) is 28.9 Å². The Morgan fingerprint density at radius 2 is 2.17 bits per heavy atom. The van der Waals surface area contributed by atoms with Crippen LogP contribution in [0.25, 0.3) is 0 Å². The van der Waals surface area contributed by atoms with Crippen molar-refractivity contribution in [1.29, 1.82) is 0 Å². The van der Waals surface area contributed by atoms with E-state index in [1.165, 1.54) is 11.1 Å². The number of aryl methyl sites for hydroxylation is 1. The zero-order valence-corrected chi connectivity index (χ0v) is 12.3. The van der Waals surface area contributed by atoms with E-state index in [-0.39, 0.29) is 6.04 Å². The van der Waals surface area contributed by atoms with E-state index in [2.05, 4.69) is 53.3 Å². The van der Waals surface area contributed by atoms with Crippen molar-refractivity contribution in [3.05, 3.63) is 58.0 Å². The van der Waals surface area contributed by atoms with Crippen LogP contribution in [0.4, 0.5) is 0 Å². The van der Waals surface area contributed by atoms with E-state index >= 15 is 0 Å². The molecule has 0 aliphatic heterocycles. The molecule has 2 nitrogen and oxygen atoms in total. The highest BCUT2D eigenvalue weighted by molar-refractivity contribution is 9.10. The first-order valence-corrected chi connectivity index (χ1v) is 7.04. The summed E-state index contributed by atoms with van der Waals surface area (Å²) in [6, 6.07) is 10.5. The maximum Gasteiger partial charge on any atom is 0.125 e. The molecule has 0 saturated carbocycles. The maximum atomic E-state index is 5.56. The molecule has 2 aromatic rings. The van der Waals surface area contributed by atoms with Crippen molar-refractivity contribution >= 4 is 15.9 Å². The van der Waals surface area contributed by atoms with Gasteiger partial charge < -0.3 is 9.73 Å². The number of hydrogen-bond acceptors (Lipinski definition) is 2. The number of furan rings is 1. The van der Waals surface area contributed by atoms with Crippen LogP contribution in [0.1, 0.15) is 36.3 Å². The largest absolute Gasteiger partial charge is 0.467 e. The molecule has 1 aromatic heterocycles. The van der Waals surface area contributed by atoms with E-state index in [0.29, 0.717) is 0 Å². The number of hydrogen-bond donors (Lipinski definition) is 1. The van der Waals surface area contributed by atoms with Crippen molar-refractivity contribution in [3.8, 4) is 0 Å². The third kappa shape index (κ3) is 3.03. The number of rotatable bonds is 5. The molecule has 3 heteroatoms. The zero-order chi connectivity index (χ0) is 13.0. The third-order valence-corrected chi connectivity index (χ3v) is 3.46. The van der Waals surface area contributed by atoms with Gasteiger partial charge >= 0.3 is 0 Å². The standard InChI is InChI=1S/C15H18BrNO/c1-3-8-17-15(14-5-4-9-18-14)13-7-6-12(16)10-11(13)2/h4-7,9-10,15,17H,3,8H2,1-2H3. The monoisotopic (exact) mass is 307 g/mol. The molecular formula is C15H18BrNO. The van der Waals surface area contributed by atoms with E-state index in [1.54, 1.807) is 6.26 Å². The predicted octanol–water partition coefficient (Wildman–Crippen LogP) is 4.44. The Bertz CT molecular complexity index is 493. The summed E-state index contributed by atoms with van der Waals surface area (Å²) >= 11 is 3.50. The minimum atomic E-state index is 0.132. The molecule has 96 valence electrons. The fourth-order valence-electron chi connectivity index (χ4n) is 2.07. The first kappa shape index (κ1) is 13.4. The molecule has 1 aromatic carbocycles. The van der Waals surface area contributed by atoms with Crippen LogP contribution in [0, 0.1) is 6.92 Å². The molecule has 2 rings (SSSR count). The van der Waals surface area contributed by atoms with Crippen LogP contribution in [0.5, 0.6) is 0 Å². The normalized spacial score (nSPS) is 12.6. The molecule has 0 fully saturated rings. The van der Waals surface area contributed by atoms with Gasteiger partial charge in [-0.25, -0.2) is 0 Å². The lowest BCUT2D eigenvalue weighted by Gasteiger charge is -2.19. The summed E-state index contributed by atoms with van der Waals surface area (Å²) in [5, 5.41) is 3.54. The quantitative estimate of drug-likeness (QED) is 0.883. The molecular weight excluding hydrogens is 290 g/mol. The number of nitrogens with one attached hydrogen (secondary N) is 1. The Morgan fingerprint density at radius 1 is 1.33 bits per heavy atom. The maximum absolute atomic E-state index is 5.56. The van der Waals surface area contributed by atoms with E-state index in [1.807, 2.05) is 12.1 Å². The molecule has 0 radical (unpaired) electrons. The SMILES string of the molecule is CCCNC(c1ccco1)c1ccc(Br)cc1C. The van der Waals surface area contributed by atoms with Crippen molar-refractivity contribution in [2.45, 2.75) is 26.3 Å². The molecule has 0 saturated heterocycles. The highest BCUT2D eigenvalue weighted by atomic mass is 79.9. The van der Waals surface area contributed by atoms with Gasteiger partial charge in [0.25, 0.3) is 0 Å². The average Bonchev–Trinajstić information content (AvgIpc) is 2.85. The second kappa shape index (κ2) is 6.21. The first-order chi connectivity index (χ1) is 8.72. The topological polar surface area (TPSA) is 25.2 Å². The van der Waals surface area contributed by atoms with Gasteiger partial charge in [0.15, 0.2) is 0 Å². The molecule has 0 aliphatic carbocycles. The van der Waals surface area contributed by atoms with E-state index in [9.17, 15) is 0 Å². The fourth-order valence-corrected chi connectivity index (χ4v) is 2.55. The van der Waals surface area contributed by atoms with Gasteiger partial charge in [-0.15, -0.1) is 0 Å². The molecule has 18 heavy (non-hydrogen) atoms. The highest BCUT2D eigenvalue weighted by Crippen LogP contribution is 2.27. The summed E-state index contributed by atoms with van der Waals surface area (Å²) in [6.07, 6.45) is 2.83. The highest BCUT2D eigenvalue weighted by Gasteiger charge is 2.17. The summed E-state index contributed by atoms with van der Waals surface area (Å²) in [6.45, 7) is 5.27. The zero-order valence-electron chi connectivity index (χ0n) is 10.7. The Hall–Kier alpha value is -1.06. The van der Waals surface area contributed by atoms with Crippen molar-refractivity contribution in [2.24, 2.45) is 0 Å². The first-order valence-electron chi connectivity index (χ1n) is 6.25. The minimum absolute atomic E-state index is 0.132. The molecule has 1 atom stereocenters. The van der Waals surface area contributed by atoms with E-state index in [4.69, 9.17) is 4.42 Å². The number of benzene rings is 1.